The number of aliphatic hydroxyl groups excluding tert-OH is 1. The summed E-state index contributed by atoms with van der Waals surface area (Å²) in [5, 5.41) is 9.54. The largest absolute Gasteiger partial charge is 0.462 e. The molecule has 1 unspecified atom stereocenters. The van der Waals surface area contributed by atoms with Crippen molar-refractivity contribution in [3.63, 3.8) is 0 Å². The maximum atomic E-state index is 12.2. The number of carbonyl (C=O) groups is 2. The zero-order chi connectivity index (χ0) is 32.2. The first-order chi connectivity index (χ1) is 21.6. The Hall–Kier alpha value is -1.10. The molecule has 1 N–H and O–H groups in total. The molecule has 1 atom stereocenters. The normalized spacial score (nSPS) is 12.0. The fraction of sp³-hybridized carbons (Fsp3) is 0.949. The number of carbonyl (C=O) groups excluding carboxylic acids is 2. The van der Waals surface area contributed by atoms with Crippen molar-refractivity contribution in [2.75, 3.05) is 13.2 Å². The van der Waals surface area contributed by atoms with Gasteiger partial charge in [0.05, 0.1) is 6.61 Å². The maximum absolute atomic E-state index is 12.2. The molecule has 0 aliphatic carbocycles. The van der Waals surface area contributed by atoms with Crippen molar-refractivity contribution in [1.82, 2.24) is 0 Å². The van der Waals surface area contributed by atoms with Crippen LogP contribution in [0.3, 0.4) is 0 Å². The molecular weight excluding hydrogens is 548 g/mol. The summed E-state index contributed by atoms with van der Waals surface area (Å²) in [6.45, 7) is 4.16. The Morgan fingerprint density at radius 1 is 0.432 bits per heavy atom. The fourth-order valence-corrected chi connectivity index (χ4v) is 5.91. The van der Waals surface area contributed by atoms with Crippen molar-refractivity contribution in [3.05, 3.63) is 0 Å². The van der Waals surface area contributed by atoms with Gasteiger partial charge in [0.1, 0.15) is 6.61 Å². The third-order valence-electron chi connectivity index (χ3n) is 8.90. The van der Waals surface area contributed by atoms with Crippen LogP contribution in [-0.4, -0.2) is 36.4 Å². The van der Waals surface area contributed by atoms with E-state index < -0.39 is 6.10 Å². The summed E-state index contributed by atoms with van der Waals surface area (Å²) in [5.74, 6) is -0.575. The highest BCUT2D eigenvalue weighted by Gasteiger charge is 2.16. The van der Waals surface area contributed by atoms with Gasteiger partial charge in [-0.15, -0.1) is 0 Å². The smallest absolute Gasteiger partial charge is 0.306 e. The Balaban J connectivity index is 3.49. The van der Waals surface area contributed by atoms with E-state index in [1.807, 2.05) is 0 Å². The summed E-state index contributed by atoms with van der Waals surface area (Å²) in [4.78, 5) is 24.2. The van der Waals surface area contributed by atoms with Gasteiger partial charge in [0.2, 0.25) is 0 Å². The summed E-state index contributed by atoms with van der Waals surface area (Å²) in [6.07, 6.45) is 38.7. The summed E-state index contributed by atoms with van der Waals surface area (Å²) >= 11 is 0. The van der Waals surface area contributed by atoms with Crippen LogP contribution < -0.4 is 0 Å². The molecule has 0 aromatic carbocycles. The van der Waals surface area contributed by atoms with Crippen molar-refractivity contribution in [2.45, 2.75) is 225 Å². The van der Waals surface area contributed by atoms with E-state index in [-0.39, 0.29) is 25.2 Å². The predicted octanol–water partition coefficient (Wildman–Crippen LogP) is 12.0. The monoisotopic (exact) mass is 625 g/mol. The van der Waals surface area contributed by atoms with Crippen molar-refractivity contribution < 1.29 is 24.2 Å². The molecule has 0 amide bonds. The molecule has 0 saturated carbocycles. The second-order valence-corrected chi connectivity index (χ2v) is 13.4. The van der Waals surface area contributed by atoms with E-state index in [9.17, 15) is 14.7 Å². The van der Waals surface area contributed by atoms with Gasteiger partial charge in [-0.2, -0.15) is 0 Å². The van der Waals surface area contributed by atoms with Crippen LogP contribution >= 0.6 is 0 Å². The van der Waals surface area contributed by atoms with Crippen molar-refractivity contribution in [3.8, 4) is 0 Å². The number of esters is 2. The molecule has 0 spiro atoms. The third-order valence-corrected chi connectivity index (χ3v) is 8.90. The van der Waals surface area contributed by atoms with Crippen LogP contribution in [-0.2, 0) is 19.1 Å². The van der Waals surface area contributed by atoms with Gasteiger partial charge in [0.15, 0.2) is 6.10 Å². The lowest BCUT2D eigenvalue weighted by Gasteiger charge is -2.15. The van der Waals surface area contributed by atoms with E-state index in [2.05, 4.69) is 13.8 Å². The summed E-state index contributed by atoms with van der Waals surface area (Å²) < 4.78 is 10.6. The Morgan fingerprint density at radius 2 is 0.705 bits per heavy atom. The minimum Gasteiger partial charge on any atom is -0.462 e. The number of hydrogen-bond acceptors (Lipinski definition) is 5. The maximum Gasteiger partial charge on any atom is 0.306 e. The summed E-state index contributed by atoms with van der Waals surface area (Å²) in [6, 6.07) is 0. The Kier molecular flexibility index (Phi) is 35.5. The Morgan fingerprint density at radius 3 is 1.00 bits per heavy atom. The highest BCUT2D eigenvalue weighted by atomic mass is 16.6. The van der Waals surface area contributed by atoms with Crippen LogP contribution in [0.15, 0.2) is 0 Å². The lowest BCUT2D eigenvalue weighted by atomic mass is 10.0. The van der Waals surface area contributed by atoms with Gasteiger partial charge in [-0.3, -0.25) is 9.59 Å². The standard InChI is InChI=1S/C39H76O5/c1-3-5-7-9-11-13-15-17-19-20-22-24-26-28-30-32-34-39(42)44-37(35-40)36-43-38(41)33-31-29-27-25-23-21-18-16-14-12-10-8-6-4-2/h37,40H,3-36H2,1-2H3. The topological polar surface area (TPSA) is 72.8 Å². The van der Waals surface area contributed by atoms with Gasteiger partial charge in [-0.1, -0.05) is 194 Å². The average molecular weight is 625 g/mol. The number of ether oxygens (including phenoxy) is 2. The third kappa shape index (κ3) is 33.8. The zero-order valence-corrected chi connectivity index (χ0v) is 29.7. The van der Waals surface area contributed by atoms with Crippen molar-refractivity contribution in [2.24, 2.45) is 0 Å². The van der Waals surface area contributed by atoms with E-state index in [1.54, 1.807) is 0 Å². The van der Waals surface area contributed by atoms with Gasteiger partial charge in [0.25, 0.3) is 0 Å². The van der Waals surface area contributed by atoms with Gasteiger partial charge < -0.3 is 14.6 Å². The van der Waals surface area contributed by atoms with Crippen LogP contribution in [0.25, 0.3) is 0 Å². The second kappa shape index (κ2) is 36.4. The lowest BCUT2D eigenvalue weighted by molar-refractivity contribution is -0.161. The molecule has 0 aromatic heterocycles. The Bertz CT molecular complexity index is 593. The molecular formula is C39H76O5. The van der Waals surface area contributed by atoms with Crippen LogP contribution in [0.4, 0.5) is 0 Å². The Labute approximate surface area is 274 Å². The van der Waals surface area contributed by atoms with Gasteiger partial charge in [-0.05, 0) is 12.8 Å². The molecule has 0 radical (unpaired) electrons. The van der Waals surface area contributed by atoms with Crippen LogP contribution in [0.1, 0.15) is 219 Å². The first kappa shape index (κ1) is 42.9. The number of aliphatic hydroxyl groups is 1. The molecule has 0 heterocycles. The minimum absolute atomic E-state index is 0.0569. The average Bonchev–Trinajstić information content (AvgIpc) is 3.02. The molecule has 0 saturated heterocycles. The van der Waals surface area contributed by atoms with E-state index in [0.717, 1.165) is 32.1 Å². The van der Waals surface area contributed by atoms with Crippen molar-refractivity contribution >= 4 is 11.9 Å². The summed E-state index contributed by atoms with van der Waals surface area (Å²) in [7, 11) is 0. The second-order valence-electron chi connectivity index (χ2n) is 13.4. The molecule has 44 heavy (non-hydrogen) atoms. The first-order valence-electron chi connectivity index (χ1n) is 19.6. The molecule has 5 heteroatoms. The van der Waals surface area contributed by atoms with Crippen LogP contribution in [0.5, 0.6) is 0 Å². The molecule has 0 fully saturated rings. The molecule has 0 aliphatic rings. The van der Waals surface area contributed by atoms with E-state index >= 15 is 0 Å². The van der Waals surface area contributed by atoms with Gasteiger partial charge in [0, 0.05) is 12.8 Å². The SMILES string of the molecule is CCCCCCCCCCCCCCCCCCC(=O)OC(CO)COC(=O)CCCCCCCCCCCCCCCC. The number of rotatable bonds is 36. The van der Waals surface area contributed by atoms with E-state index in [1.165, 1.54) is 161 Å². The van der Waals surface area contributed by atoms with Gasteiger partial charge in [-0.25, -0.2) is 0 Å². The molecule has 262 valence electrons. The molecule has 0 aliphatic heterocycles. The van der Waals surface area contributed by atoms with Crippen LogP contribution in [0.2, 0.25) is 0 Å². The number of unbranched alkanes of at least 4 members (excludes halogenated alkanes) is 28. The van der Waals surface area contributed by atoms with E-state index in [0.29, 0.717) is 12.8 Å². The van der Waals surface area contributed by atoms with Crippen molar-refractivity contribution in [1.29, 1.82) is 0 Å². The van der Waals surface area contributed by atoms with Gasteiger partial charge >= 0.3 is 11.9 Å². The van der Waals surface area contributed by atoms with Crippen LogP contribution in [0, 0.1) is 0 Å². The molecule has 5 nitrogen and oxygen atoms in total. The quantitative estimate of drug-likeness (QED) is 0.0554. The minimum atomic E-state index is -0.760. The molecule has 0 rings (SSSR count). The predicted molar refractivity (Wildman–Crippen MR) is 187 cm³/mol. The zero-order valence-electron chi connectivity index (χ0n) is 29.7. The summed E-state index contributed by atoms with van der Waals surface area (Å²) in [5.41, 5.74) is 0. The highest BCUT2D eigenvalue weighted by Crippen LogP contribution is 2.15. The van der Waals surface area contributed by atoms with E-state index in [4.69, 9.17) is 9.47 Å². The lowest BCUT2D eigenvalue weighted by Crippen LogP contribution is -2.28. The molecule has 0 bridgehead atoms. The fourth-order valence-electron chi connectivity index (χ4n) is 5.91. The molecule has 0 aromatic rings. The number of hydrogen-bond donors (Lipinski definition) is 1. The first-order valence-corrected chi connectivity index (χ1v) is 19.6. The highest BCUT2D eigenvalue weighted by molar-refractivity contribution is 5.70.